The summed E-state index contributed by atoms with van der Waals surface area (Å²) in [5, 5.41) is 36.7. The Bertz CT molecular complexity index is 1330. The molecule has 0 bridgehead atoms. The number of anilines is 1. The van der Waals surface area contributed by atoms with Crippen molar-refractivity contribution < 1.29 is 55.7 Å². The molecule has 0 heterocycles. The molecule has 1 unspecified atom stereocenters. The number of sulfone groups is 1. The van der Waals surface area contributed by atoms with Crippen LogP contribution in [0, 0.1) is 17.1 Å². The van der Waals surface area contributed by atoms with Crippen molar-refractivity contribution in [2.75, 3.05) is 11.1 Å². The summed E-state index contributed by atoms with van der Waals surface area (Å²) in [5.41, 5.74) is -4.86. The van der Waals surface area contributed by atoms with Gasteiger partial charge in [0.15, 0.2) is 15.4 Å². The first-order valence-electron chi connectivity index (χ1n) is 9.66. The van der Waals surface area contributed by atoms with Gasteiger partial charge in [-0.15, -0.1) is 0 Å². The molecule has 0 saturated heterocycles. The van der Waals surface area contributed by atoms with Gasteiger partial charge in [-0.2, -0.15) is 18.4 Å². The van der Waals surface area contributed by atoms with Crippen molar-refractivity contribution in [1.29, 1.82) is 5.26 Å². The fourth-order valence-corrected chi connectivity index (χ4v) is 4.11. The molecule has 1 amide bonds. The van der Waals surface area contributed by atoms with Gasteiger partial charge in [-0.3, -0.25) is 4.79 Å². The number of carbonyl (C=O) groups is 3. The van der Waals surface area contributed by atoms with E-state index in [1.807, 2.05) is 5.32 Å². The van der Waals surface area contributed by atoms with E-state index in [9.17, 15) is 45.5 Å². The molecule has 2 aromatic carbocycles. The van der Waals surface area contributed by atoms with Crippen molar-refractivity contribution in [1.82, 2.24) is 0 Å². The van der Waals surface area contributed by atoms with E-state index >= 15 is 0 Å². The predicted molar refractivity (Wildman–Crippen MR) is 118 cm³/mol. The van der Waals surface area contributed by atoms with E-state index < -0.39 is 62.2 Å². The summed E-state index contributed by atoms with van der Waals surface area (Å²) in [6.45, 7) is 0.873. The van der Waals surface area contributed by atoms with Crippen LogP contribution in [0.3, 0.4) is 0 Å². The maximum atomic E-state index is 13.0. The third-order valence-corrected chi connectivity index (χ3v) is 6.14. The molecule has 1 atom stereocenters. The van der Waals surface area contributed by atoms with E-state index in [0.29, 0.717) is 18.2 Å². The average Bonchev–Trinajstić information content (AvgIpc) is 2.77. The molecule has 0 aliphatic heterocycles. The Morgan fingerprint density at radius 1 is 1.03 bits per heavy atom. The second-order valence-electron chi connectivity index (χ2n) is 7.32. The molecular weight excluding hydrogens is 528 g/mol. The topological polar surface area (TPSA) is 182 Å². The van der Waals surface area contributed by atoms with Gasteiger partial charge in [0.2, 0.25) is 0 Å². The number of alkyl halides is 3. The lowest BCUT2D eigenvalue weighted by Crippen LogP contribution is -2.45. The second kappa shape index (κ2) is 12.1. The largest absolute Gasteiger partial charge is 0.478 e. The summed E-state index contributed by atoms with van der Waals surface area (Å²) >= 11 is 0. The number of rotatable bonds is 7. The first-order valence-corrected chi connectivity index (χ1v) is 11.3. The zero-order chi connectivity index (χ0) is 28.6. The molecule has 0 spiro atoms. The maximum absolute atomic E-state index is 13.0. The van der Waals surface area contributed by atoms with Crippen LogP contribution >= 0.6 is 0 Å². The Morgan fingerprint density at radius 2 is 1.54 bits per heavy atom. The monoisotopic (exact) mass is 546 g/mol. The zero-order valence-electron chi connectivity index (χ0n) is 18.7. The van der Waals surface area contributed by atoms with Gasteiger partial charge in [0.1, 0.15) is 5.82 Å². The van der Waals surface area contributed by atoms with Crippen molar-refractivity contribution in [2.24, 2.45) is 0 Å². The van der Waals surface area contributed by atoms with E-state index in [2.05, 4.69) is 0 Å². The van der Waals surface area contributed by atoms with Gasteiger partial charge in [-0.25, -0.2) is 22.4 Å². The number of nitrogens with one attached hydrogen (secondary N) is 1. The fraction of sp³-hybridized carbons (Fsp3) is 0.182. The second-order valence-corrected chi connectivity index (χ2v) is 9.31. The number of nitriles is 1. The van der Waals surface area contributed by atoms with E-state index in [1.54, 1.807) is 0 Å². The summed E-state index contributed by atoms with van der Waals surface area (Å²) in [4.78, 5) is 31.0. The number of hydrogen-bond donors (Lipinski definition) is 4. The van der Waals surface area contributed by atoms with Crippen LogP contribution in [-0.4, -0.2) is 52.9 Å². The zero-order valence-corrected chi connectivity index (χ0v) is 19.5. The molecule has 0 aliphatic rings. The minimum atomic E-state index is -4.86. The van der Waals surface area contributed by atoms with Crippen LogP contribution in [0.5, 0.6) is 0 Å². The van der Waals surface area contributed by atoms with Crippen molar-refractivity contribution in [3.63, 3.8) is 0 Å². The number of carboxylic acid groups (broad SMARTS) is 2. The smallest absolute Gasteiger partial charge is 0.417 e. The Hall–Kier alpha value is -4.29. The number of carbonyl (C=O) groups excluding carboxylic acids is 1. The highest BCUT2D eigenvalue weighted by atomic mass is 32.2. The third kappa shape index (κ3) is 9.70. The van der Waals surface area contributed by atoms with Crippen LogP contribution in [0.4, 0.5) is 23.2 Å². The number of carboxylic acids is 2. The average molecular weight is 546 g/mol. The summed E-state index contributed by atoms with van der Waals surface area (Å²) in [6, 6.07) is 7.40. The fourth-order valence-electron chi connectivity index (χ4n) is 2.52. The molecule has 0 saturated carbocycles. The number of hydrogen-bond acceptors (Lipinski definition) is 7. The molecule has 0 radical (unpaired) electrons. The van der Waals surface area contributed by atoms with Gasteiger partial charge in [-0.1, -0.05) is 0 Å². The van der Waals surface area contributed by atoms with Crippen molar-refractivity contribution >= 4 is 33.4 Å². The van der Waals surface area contributed by atoms with Gasteiger partial charge in [0.25, 0.3) is 5.91 Å². The van der Waals surface area contributed by atoms with Crippen LogP contribution in [0.25, 0.3) is 0 Å². The number of halogens is 4. The molecule has 4 N–H and O–H groups in total. The summed E-state index contributed by atoms with van der Waals surface area (Å²) in [5.74, 6) is -5.57. The van der Waals surface area contributed by atoms with Gasteiger partial charge in [-0.05, 0) is 49.4 Å². The summed E-state index contributed by atoms with van der Waals surface area (Å²) in [6.07, 6.45) is -3.75. The highest BCUT2D eigenvalue weighted by Gasteiger charge is 2.38. The normalized spacial score (nSPS) is 13.0. The number of aliphatic carboxylic acids is 2. The molecule has 0 aliphatic carbocycles. The quantitative estimate of drug-likeness (QED) is 0.230. The van der Waals surface area contributed by atoms with E-state index in [4.69, 9.17) is 15.5 Å². The maximum Gasteiger partial charge on any atom is 0.417 e. The van der Waals surface area contributed by atoms with Gasteiger partial charge in [0.05, 0.1) is 27.8 Å². The molecule has 10 nitrogen and oxygen atoms in total. The standard InChI is InChI=1S/C18H14F4N2O4S.C4H4O4/c1-17(26,10-29(27,28)14-6-3-12(19)4-7-14)16(25)24-13-5-2-11(9-23)15(8-13)18(20,21)22;5-3(6)1-2-4(7)8/h2-8,26H,10H2,1H3,(H,24,25);1-2H,(H,5,6)(H,7,8)/b;2-1+. The van der Waals surface area contributed by atoms with E-state index in [1.165, 1.54) is 6.07 Å². The summed E-state index contributed by atoms with van der Waals surface area (Å²) in [7, 11) is -4.21. The first-order chi connectivity index (χ1) is 16.9. The Balaban J connectivity index is 0.000000738. The Labute approximate surface area is 207 Å². The number of benzene rings is 2. The van der Waals surface area contributed by atoms with Gasteiger partial charge in [0, 0.05) is 17.8 Å². The Kier molecular flexibility index (Phi) is 10.1. The van der Waals surface area contributed by atoms with Crippen molar-refractivity contribution in [3.05, 3.63) is 71.6 Å². The van der Waals surface area contributed by atoms with Crippen LogP contribution in [0.1, 0.15) is 18.1 Å². The SMILES string of the molecule is CC(O)(CS(=O)(=O)c1ccc(F)cc1)C(=O)Nc1ccc(C#N)c(C(F)(F)F)c1.O=C(O)/C=C/C(=O)O. The molecule has 2 aromatic rings. The van der Waals surface area contributed by atoms with Gasteiger partial charge < -0.3 is 20.6 Å². The minimum absolute atomic E-state index is 0.343. The third-order valence-electron chi connectivity index (χ3n) is 4.20. The lowest BCUT2D eigenvalue weighted by Gasteiger charge is -2.22. The van der Waals surface area contributed by atoms with Crippen LogP contribution < -0.4 is 5.32 Å². The highest BCUT2D eigenvalue weighted by molar-refractivity contribution is 7.91. The van der Waals surface area contributed by atoms with E-state index in [-0.39, 0.29) is 10.6 Å². The minimum Gasteiger partial charge on any atom is -0.478 e. The molecule has 15 heteroatoms. The summed E-state index contributed by atoms with van der Waals surface area (Å²) < 4.78 is 76.6. The van der Waals surface area contributed by atoms with Crippen LogP contribution in [0.15, 0.2) is 59.5 Å². The molecular formula is C22H18F4N2O8S. The molecule has 198 valence electrons. The van der Waals surface area contributed by atoms with Crippen LogP contribution in [0.2, 0.25) is 0 Å². The van der Waals surface area contributed by atoms with Crippen molar-refractivity contribution in [2.45, 2.75) is 23.6 Å². The van der Waals surface area contributed by atoms with Crippen molar-refractivity contribution in [3.8, 4) is 6.07 Å². The molecule has 0 aromatic heterocycles. The first kappa shape index (κ1) is 30.7. The Morgan fingerprint density at radius 3 is 1.97 bits per heavy atom. The lowest BCUT2D eigenvalue weighted by atomic mass is 10.1. The highest BCUT2D eigenvalue weighted by Crippen LogP contribution is 2.33. The number of aliphatic hydroxyl groups is 1. The number of nitrogens with zero attached hydrogens (tertiary/aromatic N) is 1. The molecule has 0 fully saturated rings. The predicted octanol–water partition coefficient (Wildman–Crippen LogP) is 2.59. The van der Waals surface area contributed by atoms with Gasteiger partial charge >= 0.3 is 18.1 Å². The molecule has 2 rings (SSSR count). The lowest BCUT2D eigenvalue weighted by molar-refractivity contribution is -0.138. The van der Waals surface area contributed by atoms with E-state index in [0.717, 1.165) is 43.3 Å². The molecule has 37 heavy (non-hydrogen) atoms. The number of amides is 1. The van der Waals surface area contributed by atoms with Crippen LogP contribution in [-0.2, 0) is 30.4 Å².